The van der Waals surface area contributed by atoms with Crippen molar-refractivity contribution in [3.05, 3.63) is 65.7 Å². The van der Waals surface area contributed by atoms with Crippen LogP contribution in [0.1, 0.15) is 24.5 Å². The van der Waals surface area contributed by atoms with Crippen molar-refractivity contribution in [1.29, 1.82) is 0 Å². The van der Waals surface area contributed by atoms with Crippen LogP contribution in [0.4, 0.5) is 0 Å². The minimum absolute atomic E-state index is 0. The first-order chi connectivity index (χ1) is 14.3. The number of nitrogens with one attached hydrogen (secondary N) is 2. The van der Waals surface area contributed by atoms with E-state index in [1.807, 2.05) is 48.2 Å². The van der Waals surface area contributed by atoms with Crippen molar-refractivity contribution >= 4 is 35.8 Å². The number of rotatable bonds is 8. The first kappa shape index (κ1) is 24.0. The Morgan fingerprint density at radius 3 is 2.57 bits per heavy atom. The smallest absolute Gasteiger partial charge is 0.244 e. The molecule has 0 aromatic heterocycles. The Kier molecular flexibility index (Phi) is 10.5. The molecule has 0 atom stereocenters. The van der Waals surface area contributed by atoms with Gasteiger partial charge in [0.25, 0.3) is 0 Å². The standard InChI is InChI=1S/C23H30N4O2.HI/c1-2-24-23(25-14-8-16-29-21-11-4-3-5-12-21)26-17-22(28)27-15-13-19-9-6-7-10-20(19)18-27;/h3-7,9-12H,2,8,13-18H2,1H3,(H2,24,25,26);1H. The molecule has 0 fully saturated rings. The van der Waals surface area contributed by atoms with E-state index in [1.54, 1.807) is 0 Å². The van der Waals surface area contributed by atoms with E-state index in [9.17, 15) is 4.79 Å². The molecule has 1 amide bonds. The molecule has 1 aliphatic rings. The minimum Gasteiger partial charge on any atom is -0.494 e. The Morgan fingerprint density at radius 1 is 1.07 bits per heavy atom. The van der Waals surface area contributed by atoms with Gasteiger partial charge in [-0.15, -0.1) is 24.0 Å². The fraction of sp³-hybridized carbons (Fsp3) is 0.391. The van der Waals surface area contributed by atoms with Gasteiger partial charge >= 0.3 is 0 Å². The van der Waals surface area contributed by atoms with Gasteiger partial charge in [-0.2, -0.15) is 0 Å². The van der Waals surface area contributed by atoms with Gasteiger partial charge in [-0.05, 0) is 43.0 Å². The van der Waals surface area contributed by atoms with E-state index in [0.29, 0.717) is 19.1 Å². The van der Waals surface area contributed by atoms with Gasteiger partial charge in [-0.1, -0.05) is 42.5 Å². The molecule has 2 N–H and O–H groups in total. The highest BCUT2D eigenvalue weighted by molar-refractivity contribution is 14.0. The number of guanidine groups is 1. The first-order valence-corrected chi connectivity index (χ1v) is 10.3. The minimum atomic E-state index is 0. The number of carbonyl (C=O) groups is 1. The van der Waals surface area contributed by atoms with Gasteiger partial charge in [0.05, 0.1) is 6.61 Å². The van der Waals surface area contributed by atoms with Crippen LogP contribution in [0.15, 0.2) is 59.6 Å². The normalized spacial score (nSPS) is 13.1. The lowest BCUT2D eigenvalue weighted by molar-refractivity contribution is -0.130. The largest absolute Gasteiger partial charge is 0.494 e. The van der Waals surface area contributed by atoms with Gasteiger partial charge in [0, 0.05) is 26.2 Å². The van der Waals surface area contributed by atoms with Crippen molar-refractivity contribution in [2.45, 2.75) is 26.3 Å². The van der Waals surface area contributed by atoms with Crippen molar-refractivity contribution in [2.75, 3.05) is 32.8 Å². The van der Waals surface area contributed by atoms with Crippen molar-refractivity contribution in [3.63, 3.8) is 0 Å². The molecule has 1 heterocycles. The van der Waals surface area contributed by atoms with Gasteiger partial charge < -0.3 is 20.3 Å². The number of hydrogen-bond donors (Lipinski definition) is 2. The van der Waals surface area contributed by atoms with Crippen LogP contribution in [-0.2, 0) is 17.8 Å². The molecular weight excluding hydrogens is 491 g/mol. The summed E-state index contributed by atoms with van der Waals surface area (Å²) in [6, 6.07) is 18.1. The second-order valence-electron chi connectivity index (χ2n) is 6.97. The zero-order chi connectivity index (χ0) is 20.3. The van der Waals surface area contributed by atoms with Crippen molar-refractivity contribution in [3.8, 4) is 5.75 Å². The van der Waals surface area contributed by atoms with E-state index in [0.717, 1.165) is 38.2 Å². The number of halogens is 1. The van der Waals surface area contributed by atoms with Gasteiger partial charge in [0.1, 0.15) is 12.3 Å². The van der Waals surface area contributed by atoms with Crippen LogP contribution < -0.4 is 15.4 Å². The van der Waals surface area contributed by atoms with Gasteiger partial charge in [-0.3, -0.25) is 4.79 Å². The topological polar surface area (TPSA) is 66.0 Å². The van der Waals surface area contributed by atoms with E-state index < -0.39 is 0 Å². The van der Waals surface area contributed by atoms with Crippen LogP contribution >= 0.6 is 24.0 Å². The van der Waals surface area contributed by atoms with Crippen LogP contribution in [0.5, 0.6) is 5.75 Å². The van der Waals surface area contributed by atoms with Crippen LogP contribution in [0.25, 0.3) is 0 Å². The number of benzene rings is 2. The predicted molar refractivity (Wildman–Crippen MR) is 132 cm³/mol. The lowest BCUT2D eigenvalue weighted by Crippen LogP contribution is -2.41. The summed E-state index contributed by atoms with van der Waals surface area (Å²) >= 11 is 0. The van der Waals surface area contributed by atoms with E-state index in [2.05, 4.69) is 33.8 Å². The molecule has 0 saturated carbocycles. The molecule has 0 unspecified atom stereocenters. The van der Waals surface area contributed by atoms with Crippen molar-refractivity contribution < 1.29 is 9.53 Å². The average Bonchev–Trinajstić information content (AvgIpc) is 2.77. The van der Waals surface area contributed by atoms with Crippen molar-refractivity contribution in [2.24, 2.45) is 4.99 Å². The fourth-order valence-corrected chi connectivity index (χ4v) is 3.28. The molecule has 0 spiro atoms. The summed E-state index contributed by atoms with van der Waals surface area (Å²) in [7, 11) is 0. The summed E-state index contributed by atoms with van der Waals surface area (Å²) in [5.74, 6) is 1.60. The monoisotopic (exact) mass is 522 g/mol. The van der Waals surface area contributed by atoms with Crippen LogP contribution in [0.3, 0.4) is 0 Å². The highest BCUT2D eigenvalue weighted by Crippen LogP contribution is 2.18. The number of nitrogens with zero attached hydrogens (tertiary/aromatic N) is 2. The van der Waals surface area contributed by atoms with Crippen LogP contribution in [0.2, 0.25) is 0 Å². The number of fused-ring (bicyclic) bond motifs is 1. The highest BCUT2D eigenvalue weighted by atomic mass is 127. The molecule has 6 nitrogen and oxygen atoms in total. The Bertz CT molecular complexity index is 814. The molecule has 0 radical (unpaired) electrons. The number of para-hydroxylation sites is 1. The third-order valence-electron chi connectivity index (χ3n) is 4.83. The molecule has 0 saturated heterocycles. The maximum Gasteiger partial charge on any atom is 0.244 e. The number of aliphatic imine (C=N–C) groups is 1. The summed E-state index contributed by atoms with van der Waals surface area (Å²) in [6.07, 6.45) is 1.75. The molecule has 2 aromatic rings. The molecule has 2 aromatic carbocycles. The summed E-state index contributed by atoms with van der Waals surface area (Å²) in [6.45, 7) is 5.69. The second-order valence-corrected chi connectivity index (χ2v) is 6.97. The molecule has 0 bridgehead atoms. The summed E-state index contributed by atoms with van der Waals surface area (Å²) < 4.78 is 5.69. The van der Waals surface area contributed by atoms with E-state index in [-0.39, 0.29) is 36.4 Å². The zero-order valence-electron chi connectivity index (χ0n) is 17.5. The number of amides is 1. The average molecular weight is 522 g/mol. The van der Waals surface area contributed by atoms with E-state index in [4.69, 9.17) is 4.74 Å². The third kappa shape index (κ3) is 7.51. The molecule has 1 aliphatic heterocycles. The summed E-state index contributed by atoms with van der Waals surface area (Å²) in [5, 5.41) is 6.46. The third-order valence-corrected chi connectivity index (χ3v) is 4.83. The Hall–Kier alpha value is -2.29. The number of hydrogen-bond acceptors (Lipinski definition) is 3. The Balaban J connectivity index is 0.00000320. The summed E-state index contributed by atoms with van der Waals surface area (Å²) in [4.78, 5) is 18.9. The lowest BCUT2D eigenvalue weighted by Gasteiger charge is -2.28. The quantitative estimate of drug-likeness (QED) is 0.242. The fourth-order valence-electron chi connectivity index (χ4n) is 3.28. The van der Waals surface area contributed by atoms with Gasteiger partial charge in [-0.25, -0.2) is 4.99 Å². The van der Waals surface area contributed by atoms with E-state index in [1.165, 1.54) is 11.1 Å². The van der Waals surface area contributed by atoms with Gasteiger partial charge in [0.15, 0.2) is 5.96 Å². The zero-order valence-corrected chi connectivity index (χ0v) is 19.8. The maximum atomic E-state index is 12.6. The van der Waals surface area contributed by atoms with Gasteiger partial charge in [0.2, 0.25) is 5.91 Å². The predicted octanol–water partition coefficient (Wildman–Crippen LogP) is 3.21. The molecule has 3 rings (SSSR count). The molecular formula is C23H31IN4O2. The number of carbonyl (C=O) groups excluding carboxylic acids is 1. The molecule has 0 aliphatic carbocycles. The van der Waals surface area contributed by atoms with Crippen LogP contribution in [0, 0.1) is 0 Å². The Morgan fingerprint density at radius 2 is 1.80 bits per heavy atom. The van der Waals surface area contributed by atoms with Crippen molar-refractivity contribution in [1.82, 2.24) is 15.5 Å². The molecule has 162 valence electrons. The molecule has 30 heavy (non-hydrogen) atoms. The second kappa shape index (κ2) is 13.1. The Labute approximate surface area is 196 Å². The SMILES string of the molecule is CCNC(=NCC(=O)N1CCc2ccccc2C1)NCCCOc1ccccc1.I. The lowest BCUT2D eigenvalue weighted by atomic mass is 10.00. The summed E-state index contributed by atoms with van der Waals surface area (Å²) in [5.41, 5.74) is 2.58. The van der Waals surface area contributed by atoms with Crippen LogP contribution in [-0.4, -0.2) is 49.6 Å². The maximum absolute atomic E-state index is 12.6. The highest BCUT2D eigenvalue weighted by Gasteiger charge is 2.19. The molecule has 7 heteroatoms. The first-order valence-electron chi connectivity index (χ1n) is 10.3. The van der Waals surface area contributed by atoms with E-state index >= 15 is 0 Å². The number of ether oxygens (including phenoxy) is 1.